The van der Waals surface area contributed by atoms with Crippen molar-refractivity contribution in [3.05, 3.63) is 108 Å². The number of hydrogen-bond donors (Lipinski definition) is 2. The zero-order valence-corrected chi connectivity index (χ0v) is 21.8. The lowest BCUT2D eigenvalue weighted by molar-refractivity contribution is 1.35. The van der Waals surface area contributed by atoms with E-state index in [-0.39, 0.29) is 0 Å². The molecule has 0 aliphatic heterocycles. The van der Waals surface area contributed by atoms with Gasteiger partial charge in [-0.25, -0.2) is 0 Å². The molecule has 0 saturated carbocycles. The van der Waals surface area contributed by atoms with Crippen molar-refractivity contribution in [3.63, 3.8) is 0 Å². The van der Waals surface area contributed by atoms with Gasteiger partial charge in [0.2, 0.25) is 0 Å². The highest BCUT2D eigenvalue weighted by atomic mass is 32.2. The fraction of sp³-hybridized carbons (Fsp3) is 0.143. The molecular formula is C28H28S4. The maximum atomic E-state index is 4.32. The van der Waals surface area contributed by atoms with E-state index in [4.69, 9.17) is 0 Å². The van der Waals surface area contributed by atoms with Crippen molar-refractivity contribution >= 4 is 48.8 Å². The molecule has 4 heteroatoms. The van der Waals surface area contributed by atoms with Gasteiger partial charge in [0.15, 0.2) is 0 Å². The van der Waals surface area contributed by atoms with Crippen LogP contribution in [0.1, 0.15) is 11.1 Å². The molecule has 164 valence electrons. The van der Waals surface area contributed by atoms with Gasteiger partial charge in [-0.1, -0.05) is 72.8 Å². The highest BCUT2D eigenvalue weighted by Crippen LogP contribution is 2.27. The van der Waals surface area contributed by atoms with Crippen LogP contribution < -0.4 is 0 Å². The minimum atomic E-state index is 0.833. The van der Waals surface area contributed by atoms with Crippen LogP contribution in [-0.4, -0.2) is 12.5 Å². The summed E-state index contributed by atoms with van der Waals surface area (Å²) in [5.41, 5.74) is 7.63. The Labute approximate surface area is 212 Å². The van der Waals surface area contributed by atoms with Gasteiger partial charge in [-0.05, 0) is 70.2 Å². The molecule has 4 aromatic rings. The molecule has 32 heavy (non-hydrogen) atoms. The Hall–Kier alpha value is -1.72. The monoisotopic (exact) mass is 492 g/mol. The Morgan fingerprint density at radius 2 is 0.969 bits per heavy atom. The second kappa shape index (κ2) is 13.1. The highest BCUT2D eigenvalue weighted by molar-refractivity contribution is 7.98. The molecule has 0 atom stereocenters. The van der Waals surface area contributed by atoms with E-state index in [1.807, 2.05) is 23.9 Å². The zero-order valence-electron chi connectivity index (χ0n) is 18.4. The third-order valence-corrected chi connectivity index (χ3v) is 7.05. The van der Waals surface area contributed by atoms with Crippen molar-refractivity contribution in [2.24, 2.45) is 0 Å². The molecule has 0 amide bonds. The quantitative estimate of drug-likeness (QED) is 0.203. The molecule has 0 unspecified atom stereocenters. The standard InChI is InChI=1S/C19H16S2.C9H12S2/c1-21-19-12-8-17(9-13-19)15-4-2-14(3-5-15)16-6-10-18(20)11-7-16;1-11-7-9-4-2-8(6-10)3-5-9/h2-13,20H,1H3;2-5,10H,6-7H2,1H3. The highest BCUT2D eigenvalue weighted by Gasteiger charge is 2.01. The van der Waals surface area contributed by atoms with E-state index >= 15 is 0 Å². The lowest BCUT2D eigenvalue weighted by Gasteiger charge is -2.06. The maximum Gasteiger partial charge on any atom is 0.0181 e. The Kier molecular flexibility index (Phi) is 10.2. The van der Waals surface area contributed by atoms with Gasteiger partial charge in [0, 0.05) is 21.3 Å². The van der Waals surface area contributed by atoms with Crippen LogP contribution in [0.5, 0.6) is 0 Å². The Morgan fingerprint density at radius 3 is 1.38 bits per heavy atom. The summed E-state index contributed by atoms with van der Waals surface area (Å²) in [7, 11) is 0. The zero-order chi connectivity index (χ0) is 22.8. The fourth-order valence-corrected chi connectivity index (χ4v) is 4.49. The van der Waals surface area contributed by atoms with Crippen LogP contribution in [0.2, 0.25) is 0 Å². The molecule has 0 nitrogen and oxygen atoms in total. The Bertz CT molecular complexity index is 1070. The first-order valence-corrected chi connectivity index (χ1v) is 14.0. The largest absolute Gasteiger partial charge is 0.175 e. The predicted molar refractivity (Wildman–Crippen MR) is 153 cm³/mol. The van der Waals surface area contributed by atoms with Crippen molar-refractivity contribution in [1.82, 2.24) is 0 Å². The molecule has 4 aromatic carbocycles. The predicted octanol–water partition coefficient (Wildman–Crippen LogP) is 9.01. The normalized spacial score (nSPS) is 10.4. The van der Waals surface area contributed by atoms with Gasteiger partial charge in [-0.2, -0.15) is 24.4 Å². The molecule has 4 rings (SSSR count). The van der Waals surface area contributed by atoms with Crippen LogP contribution in [0.25, 0.3) is 22.3 Å². The van der Waals surface area contributed by atoms with Crippen molar-refractivity contribution in [1.29, 1.82) is 0 Å². The average molecular weight is 493 g/mol. The van der Waals surface area contributed by atoms with Crippen LogP contribution in [-0.2, 0) is 11.5 Å². The van der Waals surface area contributed by atoms with Crippen molar-refractivity contribution < 1.29 is 0 Å². The summed E-state index contributed by atoms with van der Waals surface area (Å²) in [6.07, 6.45) is 4.21. The number of thioether (sulfide) groups is 2. The number of hydrogen-bond acceptors (Lipinski definition) is 4. The molecule has 0 saturated heterocycles. The minimum absolute atomic E-state index is 0.833. The molecule has 0 radical (unpaired) electrons. The third kappa shape index (κ3) is 7.41. The molecule has 0 aliphatic carbocycles. The van der Waals surface area contributed by atoms with Gasteiger partial charge in [0.05, 0.1) is 0 Å². The molecule has 0 aromatic heterocycles. The van der Waals surface area contributed by atoms with Crippen LogP contribution in [0, 0.1) is 0 Å². The fourth-order valence-electron chi connectivity index (χ4n) is 3.20. The van der Waals surface area contributed by atoms with Crippen molar-refractivity contribution in [2.45, 2.75) is 21.3 Å². The molecule has 0 aliphatic rings. The summed E-state index contributed by atoms with van der Waals surface area (Å²) in [6.45, 7) is 0. The first-order chi connectivity index (χ1) is 15.6. The van der Waals surface area contributed by atoms with Gasteiger partial charge >= 0.3 is 0 Å². The summed E-state index contributed by atoms with van der Waals surface area (Å²) in [5, 5.41) is 0. The van der Waals surface area contributed by atoms with Gasteiger partial charge in [-0.15, -0.1) is 24.4 Å². The second-order valence-electron chi connectivity index (χ2n) is 7.26. The number of benzene rings is 4. The van der Waals surface area contributed by atoms with E-state index in [2.05, 4.69) is 123 Å². The van der Waals surface area contributed by atoms with E-state index in [1.54, 1.807) is 11.8 Å². The molecule has 0 heterocycles. The van der Waals surface area contributed by atoms with E-state index in [9.17, 15) is 0 Å². The lowest BCUT2D eigenvalue weighted by atomic mass is 10.0. The van der Waals surface area contributed by atoms with Crippen molar-refractivity contribution in [2.75, 3.05) is 12.5 Å². The van der Waals surface area contributed by atoms with E-state index < -0.39 is 0 Å². The van der Waals surface area contributed by atoms with Crippen LogP contribution >= 0.6 is 48.8 Å². The Morgan fingerprint density at radius 1 is 0.562 bits per heavy atom. The minimum Gasteiger partial charge on any atom is -0.175 e. The first-order valence-electron chi connectivity index (χ1n) is 10.3. The number of thiol groups is 2. The summed E-state index contributed by atoms with van der Waals surface area (Å²) < 4.78 is 0. The van der Waals surface area contributed by atoms with Crippen LogP contribution in [0.4, 0.5) is 0 Å². The summed E-state index contributed by atoms with van der Waals surface area (Å²) in [5.74, 6) is 1.94. The smallest absolute Gasteiger partial charge is 0.0181 e. The average Bonchev–Trinajstić information content (AvgIpc) is 2.86. The summed E-state index contributed by atoms with van der Waals surface area (Å²) >= 11 is 12.1. The van der Waals surface area contributed by atoms with E-state index in [0.717, 1.165) is 16.4 Å². The first kappa shape index (κ1) is 24.9. The summed E-state index contributed by atoms with van der Waals surface area (Å²) in [6, 6.07) is 34.2. The molecule has 0 N–H and O–H groups in total. The molecule has 0 bridgehead atoms. The summed E-state index contributed by atoms with van der Waals surface area (Å²) in [4.78, 5) is 2.28. The maximum absolute atomic E-state index is 4.32. The van der Waals surface area contributed by atoms with Gasteiger partial charge in [-0.3, -0.25) is 0 Å². The third-order valence-electron chi connectivity index (χ3n) is 5.03. The van der Waals surface area contributed by atoms with Crippen LogP contribution in [0.3, 0.4) is 0 Å². The van der Waals surface area contributed by atoms with Gasteiger partial charge < -0.3 is 0 Å². The van der Waals surface area contributed by atoms with E-state index in [1.165, 1.54) is 38.3 Å². The topological polar surface area (TPSA) is 0 Å². The van der Waals surface area contributed by atoms with E-state index in [0.29, 0.717) is 0 Å². The van der Waals surface area contributed by atoms with Crippen LogP contribution in [0.15, 0.2) is 107 Å². The second-order valence-corrected chi connectivity index (χ2v) is 9.84. The molecular weight excluding hydrogens is 465 g/mol. The number of rotatable bonds is 6. The van der Waals surface area contributed by atoms with Crippen molar-refractivity contribution in [3.8, 4) is 22.3 Å². The van der Waals surface area contributed by atoms with Gasteiger partial charge in [0.25, 0.3) is 0 Å². The lowest BCUT2D eigenvalue weighted by Crippen LogP contribution is -1.81. The molecule has 0 spiro atoms. The SMILES string of the molecule is CSCc1ccc(CS)cc1.CSc1ccc(-c2ccc(-c3ccc(S)cc3)cc2)cc1. The van der Waals surface area contributed by atoms with Gasteiger partial charge in [0.1, 0.15) is 0 Å². The Balaban J connectivity index is 0.000000222. The molecule has 0 fully saturated rings.